The first kappa shape index (κ1) is 14.1. The molecule has 1 atom stereocenters. The fourth-order valence-electron chi connectivity index (χ4n) is 2.99. The number of hydrogen-bond donors (Lipinski definition) is 1. The third kappa shape index (κ3) is 2.66. The minimum absolute atomic E-state index is 0.123. The van der Waals surface area contributed by atoms with E-state index in [2.05, 4.69) is 20.5 Å². The Labute approximate surface area is 124 Å². The largest absolute Gasteiger partial charge is 0.496 e. The number of fused-ring (bicyclic) bond motifs is 1. The lowest BCUT2D eigenvalue weighted by Crippen LogP contribution is -2.42. The van der Waals surface area contributed by atoms with Gasteiger partial charge >= 0.3 is 0 Å². The van der Waals surface area contributed by atoms with Gasteiger partial charge in [-0.2, -0.15) is 0 Å². The second-order valence-electron chi connectivity index (χ2n) is 5.51. The fraction of sp³-hybridized carbons (Fsp3) is 0.438. The highest BCUT2D eigenvalue weighted by atomic mass is 16.5. The van der Waals surface area contributed by atoms with Crippen LogP contribution in [-0.2, 0) is 26.6 Å². The molecule has 1 aromatic heterocycles. The van der Waals surface area contributed by atoms with Crippen molar-refractivity contribution in [3.8, 4) is 5.75 Å². The van der Waals surface area contributed by atoms with Crippen molar-refractivity contribution in [2.24, 2.45) is 7.05 Å². The van der Waals surface area contributed by atoms with Crippen LogP contribution in [-0.4, -0.2) is 39.3 Å². The van der Waals surface area contributed by atoms with Gasteiger partial charge in [0.2, 0.25) is 0 Å². The molecule has 112 valence electrons. The third-order valence-corrected chi connectivity index (χ3v) is 4.22. The number of benzene rings is 1. The number of aryl methyl sites for hydroxylation is 1. The van der Waals surface area contributed by atoms with Gasteiger partial charge in [0, 0.05) is 43.9 Å². The lowest BCUT2D eigenvalue weighted by Gasteiger charge is -2.34. The maximum Gasteiger partial charge on any atom is 0.123 e. The predicted octanol–water partition coefficient (Wildman–Crippen LogP) is 1.35. The van der Waals surface area contributed by atoms with Gasteiger partial charge in [-0.3, -0.25) is 4.90 Å². The number of aliphatic hydroxyl groups excluding tert-OH is 1. The van der Waals surface area contributed by atoms with Crippen LogP contribution in [0.5, 0.6) is 5.75 Å². The number of imidazole rings is 1. The van der Waals surface area contributed by atoms with E-state index in [1.54, 1.807) is 7.11 Å². The minimum atomic E-state index is 0.123. The molecule has 0 spiro atoms. The van der Waals surface area contributed by atoms with Crippen molar-refractivity contribution in [1.82, 2.24) is 14.5 Å². The van der Waals surface area contributed by atoms with Crippen LogP contribution in [0.2, 0.25) is 0 Å². The zero-order chi connectivity index (χ0) is 14.8. The molecule has 0 unspecified atom stereocenters. The highest BCUT2D eigenvalue weighted by Gasteiger charge is 2.28. The van der Waals surface area contributed by atoms with Gasteiger partial charge in [0.15, 0.2) is 0 Å². The summed E-state index contributed by atoms with van der Waals surface area (Å²) in [7, 11) is 3.70. The van der Waals surface area contributed by atoms with Crippen molar-refractivity contribution >= 4 is 0 Å². The Morgan fingerprint density at radius 1 is 1.38 bits per heavy atom. The standard InChI is InChI=1S/C16H21N3O2/c1-18-11-17-14-9-19(13(10-20)7-15(14)18)8-12-5-3-4-6-16(12)21-2/h3-6,11,13,20H,7-10H2,1-2H3/t13-/m1/s1. The van der Waals surface area contributed by atoms with Gasteiger partial charge in [0.05, 0.1) is 25.7 Å². The normalized spacial score (nSPS) is 18.5. The molecule has 0 saturated carbocycles. The summed E-state index contributed by atoms with van der Waals surface area (Å²) in [5, 5.41) is 9.72. The molecular weight excluding hydrogens is 266 g/mol. The molecule has 21 heavy (non-hydrogen) atoms. The van der Waals surface area contributed by atoms with E-state index in [1.807, 2.05) is 31.6 Å². The summed E-state index contributed by atoms with van der Waals surface area (Å²) < 4.78 is 7.47. The molecule has 3 rings (SSSR count). The molecule has 0 aliphatic carbocycles. The van der Waals surface area contributed by atoms with Crippen LogP contribution in [0.25, 0.3) is 0 Å². The first-order valence-electron chi connectivity index (χ1n) is 7.18. The molecule has 1 aromatic carbocycles. The average Bonchev–Trinajstić information content (AvgIpc) is 2.87. The highest BCUT2D eigenvalue weighted by Crippen LogP contribution is 2.26. The molecule has 1 N–H and O–H groups in total. The lowest BCUT2D eigenvalue weighted by molar-refractivity contribution is 0.0959. The molecule has 5 nitrogen and oxygen atoms in total. The Balaban J connectivity index is 1.84. The number of nitrogens with zero attached hydrogens (tertiary/aromatic N) is 3. The summed E-state index contributed by atoms with van der Waals surface area (Å²) in [6.07, 6.45) is 2.68. The first-order valence-corrected chi connectivity index (χ1v) is 7.18. The SMILES string of the molecule is COc1ccccc1CN1Cc2ncn(C)c2C[C@@H]1CO. The summed E-state index contributed by atoms with van der Waals surface area (Å²) in [6, 6.07) is 8.15. The average molecular weight is 287 g/mol. The Hall–Kier alpha value is -1.85. The fourth-order valence-corrected chi connectivity index (χ4v) is 2.99. The zero-order valence-electron chi connectivity index (χ0n) is 12.5. The van der Waals surface area contributed by atoms with Crippen molar-refractivity contribution in [2.45, 2.75) is 25.6 Å². The van der Waals surface area contributed by atoms with Gasteiger partial charge in [0.25, 0.3) is 0 Å². The van der Waals surface area contributed by atoms with E-state index in [9.17, 15) is 5.11 Å². The summed E-state index contributed by atoms with van der Waals surface area (Å²) in [6.45, 7) is 1.67. The van der Waals surface area contributed by atoms with Gasteiger partial charge in [-0.25, -0.2) is 4.98 Å². The molecule has 0 saturated heterocycles. The number of rotatable bonds is 4. The molecule has 0 amide bonds. The Kier molecular flexibility index (Phi) is 3.94. The third-order valence-electron chi connectivity index (χ3n) is 4.22. The second kappa shape index (κ2) is 5.87. The minimum Gasteiger partial charge on any atom is -0.496 e. The van der Waals surface area contributed by atoms with Gasteiger partial charge in [-0.1, -0.05) is 18.2 Å². The highest BCUT2D eigenvalue weighted by molar-refractivity contribution is 5.33. The monoisotopic (exact) mass is 287 g/mol. The molecule has 5 heteroatoms. The van der Waals surface area contributed by atoms with Gasteiger partial charge in [0.1, 0.15) is 5.75 Å². The van der Waals surface area contributed by atoms with Crippen molar-refractivity contribution in [3.05, 3.63) is 47.5 Å². The predicted molar refractivity (Wildman–Crippen MR) is 80.0 cm³/mol. The van der Waals surface area contributed by atoms with Crippen LogP contribution in [0.4, 0.5) is 0 Å². The number of methoxy groups -OCH3 is 1. The van der Waals surface area contributed by atoms with E-state index in [-0.39, 0.29) is 12.6 Å². The van der Waals surface area contributed by atoms with E-state index >= 15 is 0 Å². The molecule has 0 radical (unpaired) electrons. The van der Waals surface area contributed by atoms with Crippen molar-refractivity contribution < 1.29 is 9.84 Å². The van der Waals surface area contributed by atoms with Crippen molar-refractivity contribution in [2.75, 3.05) is 13.7 Å². The van der Waals surface area contributed by atoms with Crippen LogP contribution in [0.3, 0.4) is 0 Å². The molecule has 2 aromatic rings. The lowest BCUT2D eigenvalue weighted by atomic mass is 10.0. The van der Waals surface area contributed by atoms with Gasteiger partial charge in [-0.15, -0.1) is 0 Å². The van der Waals surface area contributed by atoms with Crippen LogP contribution < -0.4 is 4.74 Å². The van der Waals surface area contributed by atoms with E-state index in [4.69, 9.17) is 4.74 Å². The van der Waals surface area contributed by atoms with Gasteiger partial charge in [-0.05, 0) is 6.07 Å². The Morgan fingerprint density at radius 3 is 2.95 bits per heavy atom. The number of hydrogen-bond acceptors (Lipinski definition) is 4. The van der Waals surface area contributed by atoms with E-state index in [1.165, 1.54) is 5.69 Å². The summed E-state index contributed by atoms with van der Waals surface area (Å²) in [4.78, 5) is 6.74. The number of aliphatic hydroxyl groups is 1. The summed E-state index contributed by atoms with van der Waals surface area (Å²) in [5.74, 6) is 0.890. The molecular formula is C16H21N3O2. The van der Waals surface area contributed by atoms with Gasteiger partial charge < -0.3 is 14.4 Å². The zero-order valence-corrected chi connectivity index (χ0v) is 12.5. The maximum absolute atomic E-state index is 9.72. The first-order chi connectivity index (χ1) is 10.2. The van der Waals surface area contributed by atoms with E-state index < -0.39 is 0 Å². The summed E-state index contributed by atoms with van der Waals surface area (Å²) >= 11 is 0. The van der Waals surface area contributed by atoms with Crippen molar-refractivity contribution in [3.63, 3.8) is 0 Å². The van der Waals surface area contributed by atoms with E-state index in [0.29, 0.717) is 0 Å². The number of para-hydroxylation sites is 1. The Morgan fingerprint density at radius 2 is 2.19 bits per heavy atom. The maximum atomic E-state index is 9.72. The topological polar surface area (TPSA) is 50.5 Å². The van der Waals surface area contributed by atoms with Crippen LogP contribution in [0.15, 0.2) is 30.6 Å². The number of ether oxygens (including phenoxy) is 1. The summed E-state index contributed by atoms with van der Waals surface area (Å²) in [5.41, 5.74) is 3.47. The van der Waals surface area contributed by atoms with Crippen LogP contribution in [0.1, 0.15) is 17.0 Å². The molecule has 0 fully saturated rings. The molecule has 1 aliphatic heterocycles. The smallest absolute Gasteiger partial charge is 0.123 e. The van der Waals surface area contributed by atoms with E-state index in [0.717, 1.165) is 36.5 Å². The Bertz CT molecular complexity index is 624. The molecule has 1 aliphatic rings. The van der Waals surface area contributed by atoms with Crippen LogP contribution in [0, 0.1) is 0 Å². The van der Waals surface area contributed by atoms with Crippen LogP contribution >= 0.6 is 0 Å². The molecule has 0 bridgehead atoms. The quantitative estimate of drug-likeness (QED) is 0.922. The number of aromatic nitrogens is 2. The second-order valence-corrected chi connectivity index (χ2v) is 5.51. The molecule has 2 heterocycles. The van der Waals surface area contributed by atoms with Crippen molar-refractivity contribution in [1.29, 1.82) is 0 Å².